The smallest absolute Gasteiger partial charge is 0.113 e. The molecule has 4 nitrogen and oxygen atoms in total. The predicted octanol–water partition coefficient (Wildman–Crippen LogP) is 5.64. The van der Waals surface area contributed by atoms with Crippen molar-refractivity contribution < 1.29 is 9.84 Å². The summed E-state index contributed by atoms with van der Waals surface area (Å²) in [7, 11) is 0. The van der Waals surface area contributed by atoms with Crippen molar-refractivity contribution in [3.05, 3.63) is 66.0 Å². The number of hydrogen-bond donors (Lipinski definition) is 1. The summed E-state index contributed by atoms with van der Waals surface area (Å²) < 4.78 is 8.31. The van der Waals surface area contributed by atoms with Crippen molar-refractivity contribution in [1.29, 1.82) is 0 Å². The number of aliphatic hydroxyl groups is 1. The lowest BCUT2D eigenvalue weighted by atomic mass is 10.1. The van der Waals surface area contributed by atoms with Crippen LogP contribution in [0.25, 0.3) is 11.0 Å². The fourth-order valence-corrected chi connectivity index (χ4v) is 4.39. The predicted molar refractivity (Wildman–Crippen MR) is 120 cm³/mol. The van der Waals surface area contributed by atoms with Gasteiger partial charge in [0.15, 0.2) is 0 Å². The number of imidazole rings is 1. The van der Waals surface area contributed by atoms with Crippen LogP contribution in [0.4, 0.5) is 0 Å². The lowest BCUT2D eigenvalue weighted by Crippen LogP contribution is -2.24. The lowest BCUT2D eigenvalue weighted by Gasteiger charge is -2.21. The van der Waals surface area contributed by atoms with Gasteiger partial charge in [0.2, 0.25) is 0 Å². The summed E-state index contributed by atoms with van der Waals surface area (Å²) in [5.74, 6) is 1.64. The summed E-state index contributed by atoms with van der Waals surface area (Å²) in [4.78, 5) is 4.92. The molecule has 29 heavy (non-hydrogen) atoms. The van der Waals surface area contributed by atoms with E-state index in [2.05, 4.69) is 35.8 Å². The second-order valence-corrected chi connectivity index (χ2v) is 7.85. The highest BCUT2D eigenvalue weighted by Crippen LogP contribution is 2.35. The quantitative estimate of drug-likeness (QED) is 0.518. The van der Waals surface area contributed by atoms with Gasteiger partial charge < -0.3 is 14.4 Å². The van der Waals surface area contributed by atoms with E-state index in [4.69, 9.17) is 9.72 Å². The topological polar surface area (TPSA) is 47.3 Å². The minimum Gasteiger partial charge on any atom is -0.389 e. The van der Waals surface area contributed by atoms with Gasteiger partial charge >= 0.3 is 0 Å². The molecule has 2 unspecified atom stereocenters. The number of para-hydroxylation sites is 2. The van der Waals surface area contributed by atoms with E-state index in [0.717, 1.165) is 28.8 Å². The Morgan fingerprint density at radius 3 is 2.48 bits per heavy atom. The van der Waals surface area contributed by atoms with Crippen LogP contribution in [-0.4, -0.2) is 27.4 Å². The normalized spacial score (nSPS) is 16.6. The van der Waals surface area contributed by atoms with Crippen LogP contribution in [0.15, 0.2) is 54.6 Å². The number of ether oxygens (including phenoxy) is 1. The molecule has 1 N–H and O–H groups in total. The number of benzene rings is 2. The summed E-state index contributed by atoms with van der Waals surface area (Å²) in [6.07, 6.45) is 5.28. The molecule has 2 aromatic carbocycles. The highest BCUT2D eigenvalue weighted by atomic mass is 35.5. The summed E-state index contributed by atoms with van der Waals surface area (Å²) in [6, 6.07) is 18.5. The minimum atomic E-state index is -0.560. The molecule has 5 heteroatoms. The zero-order valence-corrected chi connectivity index (χ0v) is 17.9. The SMILES string of the molecule is CCC(OCC(O)Cn1c(C2CCCC2)nc2ccccc21)c1ccccc1.Cl. The molecule has 0 saturated heterocycles. The number of fused-ring (bicyclic) bond motifs is 1. The van der Waals surface area contributed by atoms with Gasteiger partial charge in [0, 0.05) is 5.92 Å². The molecule has 1 heterocycles. The molecule has 156 valence electrons. The van der Waals surface area contributed by atoms with Crippen molar-refractivity contribution in [2.45, 2.75) is 63.7 Å². The number of hydrogen-bond acceptors (Lipinski definition) is 3. The van der Waals surface area contributed by atoms with Crippen molar-refractivity contribution in [2.75, 3.05) is 6.61 Å². The molecular weight excluding hydrogens is 384 g/mol. The standard InChI is InChI=1S/C24H30N2O2.ClH/c1-2-23(18-10-4-3-5-11-18)28-17-20(27)16-26-22-15-9-8-14-21(22)25-24(26)19-12-6-7-13-19;/h3-5,8-11,14-15,19-20,23,27H,2,6-7,12-13,16-17H2,1H3;1H. The number of nitrogens with zero attached hydrogens (tertiary/aromatic N) is 2. The Morgan fingerprint density at radius 1 is 1.07 bits per heavy atom. The summed E-state index contributed by atoms with van der Waals surface area (Å²) >= 11 is 0. The monoisotopic (exact) mass is 414 g/mol. The van der Waals surface area contributed by atoms with E-state index in [1.54, 1.807) is 0 Å². The number of aliphatic hydroxyl groups excluding tert-OH is 1. The third-order valence-electron chi connectivity index (χ3n) is 5.83. The third kappa shape index (κ3) is 5.00. The van der Waals surface area contributed by atoms with Gasteiger partial charge in [0.1, 0.15) is 5.82 Å². The summed E-state index contributed by atoms with van der Waals surface area (Å²) in [5.41, 5.74) is 3.30. The molecule has 1 aliphatic carbocycles. The van der Waals surface area contributed by atoms with Crippen LogP contribution in [0, 0.1) is 0 Å². The van der Waals surface area contributed by atoms with Gasteiger partial charge in [0.05, 0.1) is 36.4 Å². The van der Waals surface area contributed by atoms with Gasteiger partial charge in [-0.3, -0.25) is 0 Å². The Kier molecular flexibility index (Phi) is 7.70. The average Bonchev–Trinajstić information content (AvgIpc) is 3.38. The molecule has 1 aliphatic rings. The maximum Gasteiger partial charge on any atom is 0.113 e. The fourth-order valence-electron chi connectivity index (χ4n) is 4.39. The average molecular weight is 415 g/mol. The Bertz CT molecular complexity index is 890. The van der Waals surface area contributed by atoms with Crippen molar-refractivity contribution in [3.63, 3.8) is 0 Å². The molecule has 2 atom stereocenters. The van der Waals surface area contributed by atoms with Gasteiger partial charge in [-0.1, -0.05) is 62.2 Å². The van der Waals surface area contributed by atoms with Crippen LogP contribution in [0.1, 0.15) is 62.4 Å². The van der Waals surface area contributed by atoms with E-state index in [0.29, 0.717) is 19.1 Å². The zero-order chi connectivity index (χ0) is 19.3. The maximum absolute atomic E-state index is 10.8. The molecular formula is C24H31ClN2O2. The van der Waals surface area contributed by atoms with Crippen LogP contribution in [-0.2, 0) is 11.3 Å². The first-order valence-electron chi connectivity index (χ1n) is 10.6. The number of aromatic nitrogens is 2. The third-order valence-corrected chi connectivity index (χ3v) is 5.83. The Labute approximate surface area is 179 Å². The molecule has 1 saturated carbocycles. The van der Waals surface area contributed by atoms with Gasteiger partial charge in [-0.25, -0.2) is 4.98 Å². The first-order chi connectivity index (χ1) is 13.8. The largest absolute Gasteiger partial charge is 0.389 e. The first-order valence-corrected chi connectivity index (χ1v) is 10.6. The molecule has 3 aromatic rings. The summed E-state index contributed by atoms with van der Waals surface area (Å²) in [5, 5.41) is 10.8. The van der Waals surface area contributed by atoms with Crippen LogP contribution < -0.4 is 0 Å². The van der Waals surface area contributed by atoms with Gasteiger partial charge in [-0.2, -0.15) is 0 Å². The van der Waals surface area contributed by atoms with Crippen LogP contribution in [0.2, 0.25) is 0 Å². The maximum atomic E-state index is 10.8. The molecule has 0 aliphatic heterocycles. The van der Waals surface area contributed by atoms with Crippen molar-refractivity contribution >= 4 is 23.4 Å². The van der Waals surface area contributed by atoms with Crippen LogP contribution >= 0.6 is 12.4 Å². The highest BCUT2D eigenvalue weighted by molar-refractivity contribution is 5.85. The van der Waals surface area contributed by atoms with E-state index >= 15 is 0 Å². The molecule has 4 rings (SSSR count). The van der Waals surface area contributed by atoms with E-state index < -0.39 is 6.10 Å². The Hall–Kier alpha value is -1.88. The molecule has 1 aromatic heterocycles. The second-order valence-electron chi connectivity index (χ2n) is 7.85. The van der Waals surface area contributed by atoms with Crippen LogP contribution in [0.3, 0.4) is 0 Å². The number of rotatable bonds is 8. The minimum absolute atomic E-state index is 0. The first kappa shape index (κ1) is 21.8. The van der Waals surface area contributed by atoms with Gasteiger partial charge in [-0.15, -0.1) is 12.4 Å². The van der Waals surface area contributed by atoms with Crippen molar-refractivity contribution in [1.82, 2.24) is 9.55 Å². The zero-order valence-electron chi connectivity index (χ0n) is 17.0. The Morgan fingerprint density at radius 2 is 1.76 bits per heavy atom. The molecule has 0 spiro atoms. The van der Waals surface area contributed by atoms with Crippen molar-refractivity contribution in [2.24, 2.45) is 0 Å². The van der Waals surface area contributed by atoms with E-state index in [1.165, 1.54) is 25.7 Å². The van der Waals surface area contributed by atoms with Gasteiger partial charge in [-0.05, 0) is 37.0 Å². The fraction of sp³-hybridized carbons (Fsp3) is 0.458. The molecule has 0 amide bonds. The number of halogens is 1. The highest BCUT2D eigenvalue weighted by Gasteiger charge is 2.25. The summed E-state index contributed by atoms with van der Waals surface area (Å²) in [6.45, 7) is 2.97. The second kappa shape index (κ2) is 10.2. The Balaban J connectivity index is 0.00000240. The van der Waals surface area contributed by atoms with Gasteiger partial charge in [0.25, 0.3) is 0 Å². The lowest BCUT2D eigenvalue weighted by molar-refractivity contribution is -0.0175. The molecule has 0 bridgehead atoms. The van der Waals surface area contributed by atoms with E-state index in [9.17, 15) is 5.11 Å². The molecule has 1 fully saturated rings. The van der Waals surface area contributed by atoms with Crippen molar-refractivity contribution in [3.8, 4) is 0 Å². The molecule has 0 radical (unpaired) electrons. The van der Waals surface area contributed by atoms with E-state index in [1.807, 2.05) is 30.3 Å². The van der Waals surface area contributed by atoms with E-state index in [-0.39, 0.29) is 18.5 Å². The van der Waals surface area contributed by atoms with Crippen LogP contribution in [0.5, 0.6) is 0 Å².